The minimum Gasteiger partial charge on any atom is -0.380 e. The normalized spacial score (nSPS) is 16.6. The zero-order valence-corrected chi connectivity index (χ0v) is 16.5. The predicted molar refractivity (Wildman–Crippen MR) is 115 cm³/mol. The average Bonchev–Trinajstić information content (AvgIpc) is 3.34. The Morgan fingerprint density at radius 3 is 2.59 bits per heavy atom. The molecule has 1 amide bonds. The second-order valence-electron chi connectivity index (χ2n) is 7.89. The highest BCUT2D eigenvalue weighted by Crippen LogP contribution is 2.26. The molecule has 0 saturated carbocycles. The second kappa shape index (κ2) is 7.03. The van der Waals surface area contributed by atoms with Gasteiger partial charge in [0.05, 0.1) is 17.3 Å². The zero-order chi connectivity index (χ0) is 20.0. The Balaban J connectivity index is 1.51. The molecule has 5 rings (SSSR count). The van der Waals surface area contributed by atoms with Gasteiger partial charge in [0.25, 0.3) is 0 Å². The highest BCUT2D eigenvalue weighted by atomic mass is 16.2. The molecule has 0 bridgehead atoms. The van der Waals surface area contributed by atoms with Crippen molar-refractivity contribution in [2.24, 2.45) is 0 Å². The number of pyridine rings is 2. The number of hydrogen-bond acceptors (Lipinski definition) is 4. The average molecular weight is 388 g/mol. The molecule has 1 N–H and O–H groups in total. The van der Waals surface area contributed by atoms with E-state index in [9.17, 15) is 9.59 Å². The minimum atomic E-state index is -0.120. The Bertz CT molecular complexity index is 1140. The number of nitrogens with one attached hydrogen (secondary N) is 1. The van der Waals surface area contributed by atoms with Gasteiger partial charge in [-0.15, -0.1) is 0 Å². The van der Waals surface area contributed by atoms with Gasteiger partial charge in [0.2, 0.25) is 11.3 Å². The maximum absolute atomic E-state index is 13.2. The van der Waals surface area contributed by atoms with Crippen molar-refractivity contribution >= 4 is 28.3 Å². The van der Waals surface area contributed by atoms with Gasteiger partial charge in [0, 0.05) is 31.7 Å². The lowest BCUT2D eigenvalue weighted by Crippen LogP contribution is -2.30. The first kappa shape index (κ1) is 17.9. The molecule has 1 fully saturated rings. The fourth-order valence-corrected chi connectivity index (χ4v) is 4.57. The fraction of sp³-hybridized carbons (Fsp3) is 0.348. The van der Waals surface area contributed by atoms with Crippen LogP contribution in [0, 0.1) is 0 Å². The number of aryl methyl sites for hydroxylation is 1. The number of rotatable bonds is 4. The Kier molecular flexibility index (Phi) is 4.34. The summed E-state index contributed by atoms with van der Waals surface area (Å²) >= 11 is 0. The van der Waals surface area contributed by atoms with Crippen molar-refractivity contribution in [1.82, 2.24) is 9.55 Å². The molecule has 1 aliphatic carbocycles. The number of carbonyl (C=O) groups excluding carboxylic acids is 1. The summed E-state index contributed by atoms with van der Waals surface area (Å²) in [7, 11) is 0. The molecule has 0 atom stereocenters. The summed E-state index contributed by atoms with van der Waals surface area (Å²) in [5, 5.41) is 4.11. The number of aromatic nitrogens is 2. The van der Waals surface area contributed by atoms with Gasteiger partial charge in [-0.05, 0) is 43.4 Å². The van der Waals surface area contributed by atoms with Crippen molar-refractivity contribution in [3.05, 3.63) is 64.1 Å². The summed E-state index contributed by atoms with van der Waals surface area (Å²) < 4.78 is 1.95. The Labute approximate surface area is 169 Å². The van der Waals surface area contributed by atoms with Crippen LogP contribution in [0.4, 0.5) is 11.4 Å². The van der Waals surface area contributed by atoms with Gasteiger partial charge in [-0.3, -0.25) is 9.59 Å². The summed E-state index contributed by atoms with van der Waals surface area (Å²) in [6.07, 6.45) is 6.82. The Morgan fingerprint density at radius 1 is 1.17 bits per heavy atom. The van der Waals surface area contributed by atoms with E-state index in [0.29, 0.717) is 42.3 Å². The number of fused-ring (bicyclic) bond motifs is 2. The first-order valence-corrected chi connectivity index (χ1v) is 10.3. The predicted octanol–water partition coefficient (Wildman–Crippen LogP) is 3.12. The molecular weight excluding hydrogens is 364 g/mol. The van der Waals surface area contributed by atoms with Gasteiger partial charge in [0.15, 0.2) is 0 Å². The molecular formula is C23H24N4O2. The first-order chi connectivity index (χ1) is 14.1. The molecule has 6 nitrogen and oxygen atoms in total. The summed E-state index contributed by atoms with van der Waals surface area (Å²) in [6.45, 7) is 3.31. The molecule has 6 heteroatoms. The van der Waals surface area contributed by atoms with Crippen molar-refractivity contribution < 1.29 is 4.79 Å². The van der Waals surface area contributed by atoms with Gasteiger partial charge in [-0.2, -0.15) is 0 Å². The summed E-state index contributed by atoms with van der Waals surface area (Å²) in [5.74, 6) is 0.0232. The molecule has 3 heterocycles. The van der Waals surface area contributed by atoms with Gasteiger partial charge in [0.1, 0.15) is 11.3 Å². The van der Waals surface area contributed by atoms with Crippen LogP contribution in [0.2, 0.25) is 0 Å². The van der Waals surface area contributed by atoms with E-state index in [4.69, 9.17) is 0 Å². The molecule has 1 aromatic carbocycles. The largest absolute Gasteiger partial charge is 0.380 e. The number of benzene rings is 1. The molecule has 1 aliphatic heterocycles. The van der Waals surface area contributed by atoms with Crippen LogP contribution in [0.3, 0.4) is 0 Å². The van der Waals surface area contributed by atoms with Crippen molar-refractivity contribution in [1.29, 1.82) is 0 Å². The minimum absolute atomic E-state index is 0.0232. The maximum atomic E-state index is 13.2. The highest BCUT2D eigenvalue weighted by molar-refractivity contribution is 5.97. The van der Waals surface area contributed by atoms with Crippen LogP contribution in [0.5, 0.6) is 0 Å². The van der Waals surface area contributed by atoms with Gasteiger partial charge >= 0.3 is 0 Å². The third-order valence-corrected chi connectivity index (χ3v) is 6.02. The first-order valence-electron chi connectivity index (χ1n) is 10.3. The van der Waals surface area contributed by atoms with Crippen LogP contribution < -0.4 is 15.6 Å². The van der Waals surface area contributed by atoms with Gasteiger partial charge in [-0.25, -0.2) is 4.98 Å². The zero-order valence-electron chi connectivity index (χ0n) is 16.5. The van der Waals surface area contributed by atoms with E-state index in [-0.39, 0.29) is 11.3 Å². The highest BCUT2D eigenvalue weighted by Gasteiger charge is 2.26. The van der Waals surface area contributed by atoms with Gasteiger partial charge in [-0.1, -0.05) is 24.3 Å². The van der Waals surface area contributed by atoms with Crippen LogP contribution in [0.1, 0.15) is 30.9 Å². The standard InChI is InChI=1S/C23H24N4O2/c1-2-26-14-20(27-9-5-8-21(27)28)22(29)19-12-18(13-24-23(19)26)25-17-10-15-6-3-4-7-16(15)11-17/h3-4,6-7,12-14,17,25H,2,5,8-11H2,1H3. The molecule has 3 aromatic rings. The Morgan fingerprint density at radius 2 is 1.93 bits per heavy atom. The lowest BCUT2D eigenvalue weighted by molar-refractivity contribution is -0.117. The van der Waals surface area contributed by atoms with E-state index in [1.54, 1.807) is 17.3 Å². The summed E-state index contributed by atoms with van der Waals surface area (Å²) in [5.41, 5.74) is 4.61. The van der Waals surface area contributed by atoms with E-state index in [2.05, 4.69) is 34.6 Å². The van der Waals surface area contributed by atoms with E-state index >= 15 is 0 Å². The van der Waals surface area contributed by atoms with Crippen LogP contribution in [0.25, 0.3) is 11.0 Å². The van der Waals surface area contributed by atoms with E-state index < -0.39 is 0 Å². The topological polar surface area (TPSA) is 67.2 Å². The number of carbonyl (C=O) groups is 1. The molecule has 1 saturated heterocycles. The third kappa shape index (κ3) is 3.09. The number of hydrogen-bond donors (Lipinski definition) is 1. The number of anilines is 2. The molecule has 2 aromatic heterocycles. The summed E-state index contributed by atoms with van der Waals surface area (Å²) in [6, 6.07) is 10.7. The van der Waals surface area contributed by atoms with Crippen LogP contribution in [0.15, 0.2) is 47.5 Å². The maximum Gasteiger partial charge on any atom is 0.227 e. The SMILES string of the molecule is CCn1cc(N2CCCC2=O)c(=O)c2cc(NC3Cc4ccccc4C3)cnc21. The second-order valence-corrected chi connectivity index (χ2v) is 7.89. The number of amides is 1. The molecule has 0 spiro atoms. The fourth-order valence-electron chi connectivity index (χ4n) is 4.57. The molecule has 2 aliphatic rings. The van der Waals surface area contributed by atoms with Crippen LogP contribution >= 0.6 is 0 Å². The van der Waals surface area contributed by atoms with Crippen molar-refractivity contribution in [3.63, 3.8) is 0 Å². The van der Waals surface area contributed by atoms with E-state index in [1.165, 1.54) is 11.1 Å². The van der Waals surface area contributed by atoms with E-state index in [0.717, 1.165) is 24.9 Å². The quantitative estimate of drug-likeness (QED) is 0.746. The molecule has 0 unspecified atom stereocenters. The third-order valence-electron chi connectivity index (χ3n) is 6.02. The van der Waals surface area contributed by atoms with Crippen LogP contribution in [-0.2, 0) is 24.2 Å². The lowest BCUT2D eigenvalue weighted by Gasteiger charge is -2.19. The lowest BCUT2D eigenvalue weighted by atomic mass is 10.1. The van der Waals surface area contributed by atoms with Crippen molar-refractivity contribution in [2.45, 2.75) is 45.2 Å². The molecule has 148 valence electrons. The van der Waals surface area contributed by atoms with Crippen molar-refractivity contribution in [2.75, 3.05) is 16.8 Å². The molecule has 29 heavy (non-hydrogen) atoms. The van der Waals surface area contributed by atoms with E-state index in [1.807, 2.05) is 17.6 Å². The van der Waals surface area contributed by atoms with Gasteiger partial charge < -0.3 is 14.8 Å². The Hall–Kier alpha value is -3.15. The van der Waals surface area contributed by atoms with Crippen LogP contribution in [-0.4, -0.2) is 28.0 Å². The summed E-state index contributed by atoms with van der Waals surface area (Å²) in [4.78, 5) is 31.7. The smallest absolute Gasteiger partial charge is 0.227 e. The number of nitrogens with zero attached hydrogens (tertiary/aromatic N) is 3. The molecule has 0 radical (unpaired) electrons. The monoisotopic (exact) mass is 388 g/mol. The van der Waals surface area contributed by atoms with Crippen molar-refractivity contribution in [3.8, 4) is 0 Å².